The van der Waals surface area contributed by atoms with Gasteiger partial charge in [-0.25, -0.2) is 9.59 Å². The van der Waals surface area contributed by atoms with Gasteiger partial charge in [0.05, 0.1) is 29.6 Å². The fraction of sp³-hybridized carbons (Fsp3) is 0.133. The van der Waals surface area contributed by atoms with Gasteiger partial charge in [-0.3, -0.25) is 0 Å². The van der Waals surface area contributed by atoms with Crippen molar-refractivity contribution in [1.29, 1.82) is 5.26 Å². The second kappa shape index (κ2) is 6.29. The van der Waals surface area contributed by atoms with E-state index in [4.69, 9.17) is 15.7 Å². The minimum atomic E-state index is -1.15. The van der Waals surface area contributed by atoms with E-state index in [9.17, 15) is 14.7 Å². The van der Waals surface area contributed by atoms with Gasteiger partial charge in [-0.05, 0) is 47.2 Å². The van der Waals surface area contributed by atoms with Gasteiger partial charge in [0.15, 0.2) is 5.69 Å². The van der Waals surface area contributed by atoms with Crippen molar-refractivity contribution in [3.05, 3.63) is 44.3 Å². The molecule has 1 heterocycles. The molecule has 8 heteroatoms. The number of anilines is 1. The van der Waals surface area contributed by atoms with Crippen molar-refractivity contribution in [2.45, 2.75) is 6.92 Å². The molecule has 0 aliphatic heterocycles. The van der Waals surface area contributed by atoms with E-state index < -0.39 is 11.9 Å². The van der Waals surface area contributed by atoms with Crippen LogP contribution in [0.5, 0.6) is 0 Å². The number of nitrogen functional groups attached to an aromatic ring is 1. The molecule has 1 aromatic heterocycles. The van der Waals surface area contributed by atoms with Crippen LogP contribution in [-0.2, 0) is 4.74 Å². The lowest BCUT2D eigenvalue weighted by Gasteiger charge is -2.14. The van der Waals surface area contributed by atoms with Gasteiger partial charge in [-0.2, -0.15) is 5.26 Å². The lowest BCUT2D eigenvalue weighted by molar-refractivity contribution is 0.0591. The molecule has 7 nitrogen and oxygen atoms in total. The second-order valence-corrected chi connectivity index (χ2v) is 5.95. The van der Waals surface area contributed by atoms with E-state index in [0.29, 0.717) is 5.56 Å². The average molecular weight is 425 g/mol. The average Bonchev–Trinajstić information content (AvgIpc) is 2.82. The topological polar surface area (TPSA) is 118 Å². The number of benzene rings is 1. The number of esters is 1. The number of ether oxygens (including phenoxy) is 1. The molecule has 0 radical (unpaired) electrons. The number of carboxylic acid groups (broad SMARTS) is 1. The van der Waals surface area contributed by atoms with Crippen molar-refractivity contribution in [3.8, 4) is 11.8 Å². The number of carboxylic acids is 1. The normalized spacial score (nSPS) is 10.2. The molecule has 0 saturated carbocycles. The monoisotopic (exact) mass is 425 g/mol. The largest absolute Gasteiger partial charge is 0.478 e. The minimum absolute atomic E-state index is 0.000886. The molecule has 118 valence electrons. The van der Waals surface area contributed by atoms with E-state index in [0.717, 1.165) is 3.57 Å². The van der Waals surface area contributed by atoms with Gasteiger partial charge in [-0.1, -0.05) is 0 Å². The van der Waals surface area contributed by atoms with Crippen molar-refractivity contribution in [3.63, 3.8) is 0 Å². The Morgan fingerprint density at radius 1 is 1.43 bits per heavy atom. The van der Waals surface area contributed by atoms with Crippen molar-refractivity contribution in [1.82, 2.24) is 4.57 Å². The summed E-state index contributed by atoms with van der Waals surface area (Å²) < 4.78 is 6.74. The fourth-order valence-corrected chi connectivity index (χ4v) is 3.09. The number of hydrogen-bond donors (Lipinski definition) is 2. The van der Waals surface area contributed by atoms with Gasteiger partial charge in [-0.15, -0.1) is 0 Å². The van der Waals surface area contributed by atoms with Gasteiger partial charge in [0, 0.05) is 9.77 Å². The highest BCUT2D eigenvalue weighted by Crippen LogP contribution is 2.30. The third kappa shape index (κ3) is 2.87. The third-order valence-electron chi connectivity index (χ3n) is 3.28. The van der Waals surface area contributed by atoms with E-state index >= 15 is 0 Å². The first-order valence-corrected chi connectivity index (χ1v) is 7.42. The van der Waals surface area contributed by atoms with Crippen LogP contribution in [0.1, 0.15) is 32.0 Å². The maximum atomic E-state index is 12.0. The van der Waals surface area contributed by atoms with Gasteiger partial charge in [0.25, 0.3) is 0 Å². The predicted octanol–water partition coefficient (Wildman–Crippen LogP) is 2.33. The molecule has 0 amide bonds. The van der Waals surface area contributed by atoms with Crippen LogP contribution in [0.3, 0.4) is 0 Å². The molecule has 23 heavy (non-hydrogen) atoms. The van der Waals surface area contributed by atoms with Crippen LogP contribution in [0.2, 0.25) is 0 Å². The van der Waals surface area contributed by atoms with Crippen molar-refractivity contribution < 1.29 is 19.4 Å². The Kier molecular flexibility index (Phi) is 4.60. The van der Waals surface area contributed by atoms with E-state index in [1.54, 1.807) is 13.0 Å². The summed E-state index contributed by atoms with van der Waals surface area (Å²) in [5.74, 6) is -1.90. The molecule has 0 aliphatic rings. The molecule has 0 saturated heterocycles. The molecule has 1 aromatic carbocycles. The molecule has 0 bridgehead atoms. The first kappa shape index (κ1) is 16.8. The van der Waals surface area contributed by atoms with E-state index in [1.165, 1.54) is 23.9 Å². The number of aromatic nitrogens is 1. The lowest BCUT2D eigenvalue weighted by atomic mass is 10.1. The number of methoxy groups -OCH3 is 1. The van der Waals surface area contributed by atoms with Gasteiger partial charge < -0.3 is 20.1 Å². The molecule has 0 fully saturated rings. The SMILES string of the molecule is COC(=O)c1c(N)c(C#N)cn1-c1c(C)cc(I)cc1C(=O)O. The molecule has 0 unspecified atom stereocenters. The number of nitrogens with zero attached hydrogens (tertiary/aromatic N) is 2. The van der Waals surface area contributed by atoms with Crippen LogP contribution in [0.15, 0.2) is 18.3 Å². The number of aromatic carboxylic acids is 1. The quantitative estimate of drug-likeness (QED) is 0.576. The Balaban J connectivity index is 2.91. The summed E-state index contributed by atoms with van der Waals surface area (Å²) >= 11 is 2.01. The standard InChI is InChI=1S/C15H12IN3O4/c1-7-3-9(16)4-10(14(20)21)12(7)19-6-8(5-17)11(18)13(19)15(22)23-2/h3-4,6H,18H2,1-2H3,(H,20,21). The zero-order valence-electron chi connectivity index (χ0n) is 12.3. The Morgan fingerprint density at radius 2 is 2.09 bits per heavy atom. The number of rotatable bonds is 3. The molecule has 0 spiro atoms. The van der Waals surface area contributed by atoms with Crippen molar-refractivity contribution in [2.75, 3.05) is 12.8 Å². The molecule has 0 aliphatic carbocycles. The summed E-state index contributed by atoms with van der Waals surface area (Å²) in [6.45, 7) is 1.72. The van der Waals surface area contributed by atoms with Gasteiger partial charge in [0.1, 0.15) is 6.07 Å². The molecule has 3 N–H and O–H groups in total. The maximum Gasteiger partial charge on any atom is 0.357 e. The highest BCUT2D eigenvalue weighted by Gasteiger charge is 2.25. The van der Waals surface area contributed by atoms with Crippen LogP contribution in [0.25, 0.3) is 5.69 Å². The van der Waals surface area contributed by atoms with Crippen LogP contribution < -0.4 is 5.73 Å². The van der Waals surface area contributed by atoms with Crippen molar-refractivity contribution in [2.24, 2.45) is 0 Å². The molecule has 2 rings (SSSR count). The number of nitriles is 1. The summed E-state index contributed by atoms with van der Waals surface area (Å²) in [4.78, 5) is 23.6. The highest BCUT2D eigenvalue weighted by atomic mass is 127. The summed E-state index contributed by atoms with van der Waals surface area (Å²) in [5.41, 5.74) is 6.68. The number of carbonyl (C=O) groups is 2. The Bertz CT molecular complexity index is 865. The summed E-state index contributed by atoms with van der Waals surface area (Å²) in [5, 5.41) is 18.6. The van der Waals surface area contributed by atoms with E-state index in [1.807, 2.05) is 28.7 Å². The number of hydrogen-bond acceptors (Lipinski definition) is 5. The fourth-order valence-electron chi connectivity index (χ4n) is 2.31. The summed E-state index contributed by atoms with van der Waals surface area (Å²) in [6.07, 6.45) is 1.34. The van der Waals surface area contributed by atoms with E-state index in [2.05, 4.69) is 0 Å². The minimum Gasteiger partial charge on any atom is -0.478 e. The van der Waals surface area contributed by atoms with Crippen LogP contribution in [0.4, 0.5) is 5.69 Å². The zero-order valence-corrected chi connectivity index (χ0v) is 14.4. The van der Waals surface area contributed by atoms with Crippen LogP contribution in [0, 0.1) is 21.8 Å². The van der Waals surface area contributed by atoms with Gasteiger partial charge in [0.2, 0.25) is 0 Å². The molecular formula is C15H12IN3O4. The summed E-state index contributed by atoms with van der Waals surface area (Å²) in [6, 6.07) is 5.13. The van der Waals surface area contributed by atoms with Crippen LogP contribution >= 0.6 is 22.6 Å². The predicted molar refractivity (Wildman–Crippen MR) is 90.6 cm³/mol. The highest BCUT2D eigenvalue weighted by molar-refractivity contribution is 14.1. The zero-order chi connectivity index (χ0) is 17.3. The van der Waals surface area contributed by atoms with Crippen LogP contribution in [-0.4, -0.2) is 28.7 Å². The number of carbonyl (C=O) groups excluding carboxylic acids is 1. The van der Waals surface area contributed by atoms with Gasteiger partial charge >= 0.3 is 11.9 Å². The summed E-state index contributed by atoms with van der Waals surface area (Å²) in [7, 11) is 1.18. The molecular weight excluding hydrogens is 413 g/mol. The molecule has 2 aromatic rings. The van der Waals surface area contributed by atoms with Crippen molar-refractivity contribution >= 4 is 40.2 Å². The Labute approximate surface area is 145 Å². The third-order valence-corrected chi connectivity index (χ3v) is 3.90. The first-order valence-electron chi connectivity index (χ1n) is 6.34. The second-order valence-electron chi connectivity index (χ2n) is 4.70. The number of halogens is 1. The maximum absolute atomic E-state index is 12.0. The van der Waals surface area contributed by atoms with E-state index in [-0.39, 0.29) is 28.2 Å². The first-order chi connectivity index (χ1) is 10.8. The number of aryl methyl sites for hydroxylation is 1. The smallest absolute Gasteiger partial charge is 0.357 e. The number of nitrogens with two attached hydrogens (primary N) is 1. The Morgan fingerprint density at radius 3 is 2.61 bits per heavy atom. The molecule has 0 atom stereocenters. The lowest BCUT2D eigenvalue weighted by Crippen LogP contribution is -2.15. The Hall–Kier alpha value is -2.54.